The number of nitrogens with zero attached hydrogens (tertiary/aromatic N) is 4. The Hall–Kier alpha value is -7.90. The number of hydrogen-bond acceptors (Lipinski definition) is 14. The third-order valence-corrected chi connectivity index (χ3v) is 9.98. The van der Waals surface area contributed by atoms with Crippen molar-refractivity contribution in [2.75, 3.05) is 27.3 Å². The van der Waals surface area contributed by atoms with Gasteiger partial charge in [0.1, 0.15) is 24.2 Å². The molecule has 20 heteroatoms. The number of hydrogen-bond donors (Lipinski definition) is 6. The van der Waals surface area contributed by atoms with Crippen LogP contribution in [0.25, 0.3) is 0 Å². The number of pyridine rings is 2. The van der Waals surface area contributed by atoms with E-state index in [0.29, 0.717) is 0 Å². The van der Waals surface area contributed by atoms with Crippen LogP contribution >= 0.6 is 0 Å². The summed E-state index contributed by atoms with van der Waals surface area (Å²) in [5, 5.41) is 23.7. The fraction of sp³-hybridized carbons (Fsp3) is 0.375. The molecule has 0 spiro atoms. The monoisotopic (exact) mass is 934 g/mol. The van der Waals surface area contributed by atoms with Crippen LogP contribution in [0.2, 0.25) is 0 Å². The van der Waals surface area contributed by atoms with Gasteiger partial charge in [-0.25, -0.2) is 19.6 Å². The standard InChI is InChI=1S/C48H58N10O10/c1-29(2)21-35(45(63)55-37(47(65)67-5)23-31-13-9-7-10-14-31)53-41(59)27-51-43(61)33-17-19-49-39(25-33)57-58-40-26-34(18-20-50-40)44(62)52-28-42(60)54-36(22-30(3)4)46(64)56-38(48(66)68-6)24-32-15-11-8-12-16-32/h7-20,25-26,29-30,35-38H,21-24,27-28H2,1-6H3,(H,51,61)(H,52,62)(H,53,59)(H,54,60)(H,55,63)(H,56,64)/t35-,36-,37-,38-/m0/s1. The van der Waals surface area contributed by atoms with Crippen LogP contribution in [0.4, 0.5) is 11.6 Å². The lowest BCUT2D eigenvalue weighted by Gasteiger charge is -2.23. The van der Waals surface area contributed by atoms with Gasteiger partial charge >= 0.3 is 11.9 Å². The van der Waals surface area contributed by atoms with E-state index in [1.165, 1.54) is 50.9 Å². The van der Waals surface area contributed by atoms with Gasteiger partial charge in [0.2, 0.25) is 23.6 Å². The molecule has 4 rings (SSSR count). The molecule has 2 aromatic heterocycles. The van der Waals surface area contributed by atoms with Gasteiger partial charge in [0, 0.05) is 36.4 Å². The van der Waals surface area contributed by atoms with E-state index in [9.17, 15) is 38.4 Å². The number of benzene rings is 2. The van der Waals surface area contributed by atoms with Gasteiger partial charge in [-0.1, -0.05) is 88.4 Å². The smallest absolute Gasteiger partial charge is 0.328 e. The number of amides is 6. The fourth-order valence-electron chi connectivity index (χ4n) is 6.67. The maximum Gasteiger partial charge on any atom is 0.328 e. The van der Waals surface area contributed by atoms with Crippen molar-refractivity contribution in [3.05, 3.63) is 120 Å². The molecule has 2 aromatic carbocycles. The number of ether oxygens (including phenoxy) is 2. The molecule has 0 radical (unpaired) electrons. The Morgan fingerprint density at radius 2 is 0.882 bits per heavy atom. The van der Waals surface area contributed by atoms with Crippen LogP contribution in [-0.2, 0) is 51.1 Å². The van der Waals surface area contributed by atoms with Crippen molar-refractivity contribution in [2.45, 2.75) is 77.5 Å². The first-order valence-electron chi connectivity index (χ1n) is 21.9. The van der Waals surface area contributed by atoms with Crippen LogP contribution in [0.5, 0.6) is 0 Å². The molecule has 0 aliphatic carbocycles. The van der Waals surface area contributed by atoms with E-state index in [-0.39, 0.29) is 60.3 Å². The largest absolute Gasteiger partial charge is 0.467 e. The molecule has 6 N–H and O–H groups in total. The SMILES string of the molecule is COC(=O)[C@H](Cc1ccccc1)NC(=O)[C@H](CC(C)C)NC(=O)CNC(=O)c1ccnc(N=Nc2cc(C(=O)NCC(=O)N[C@@H](CC(C)C)C(=O)N[C@@H](Cc3ccccc3)C(=O)OC)ccn2)c1. The van der Waals surface area contributed by atoms with Gasteiger partial charge in [-0.15, -0.1) is 10.2 Å². The highest BCUT2D eigenvalue weighted by Gasteiger charge is 2.30. The number of azo groups is 1. The molecule has 0 aliphatic heterocycles. The van der Waals surface area contributed by atoms with E-state index in [0.717, 1.165) is 11.1 Å². The van der Waals surface area contributed by atoms with Gasteiger partial charge in [0.25, 0.3) is 11.8 Å². The third kappa shape index (κ3) is 17.8. The lowest BCUT2D eigenvalue weighted by Crippen LogP contribution is -2.54. The Balaban J connectivity index is 1.30. The van der Waals surface area contributed by atoms with Crippen LogP contribution in [0.1, 0.15) is 72.4 Å². The van der Waals surface area contributed by atoms with Crippen molar-refractivity contribution in [1.82, 2.24) is 41.9 Å². The molecule has 20 nitrogen and oxygen atoms in total. The topological polar surface area (TPSA) is 278 Å². The highest BCUT2D eigenvalue weighted by molar-refractivity contribution is 5.99. The molecular formula is C48H58N10O10. The van der Waals surface area contributed by atoms with E-state index in [2.05, 4.69) is 52.1 Å². The maximum absolute atomic E-state index is 13.4. The van der Waals surface area contributed by atoms with Crippen molar-refractivity contribution >= 4 is 59.0 Å². The van der Waals surface area contributed by atoms with Gasteiger partial charge < -0.3 is 41.4 Å². The number of methoxy groups -OCH3 is 2. The molecule has 0 saturated carbocycles. The highest BCUT2D eigenvalue weighted by Crippen LogP contribution is 2.17. The Labute approximate surface area is 394 Å². The van der Waals surface area contributed by atoms with E-state index < -0.39 is 84.6 Å². The number of esters is 2. The second-order valence-corrected chi connectivity index (χ2v) is 16.4. The van der Waals surface area contributed by atoms with Crippen molar-refractivity contribution in [1.29, 1.82) is 0 Å². The molecule has 0 fully saturated rings. The highest BCUT2D eigenvalue weighted by atomic mass is 16.5. The summed E-state index contributed by atoms with van der Waals surface area (Å²) < 4.78 is 9.80. The minimum absolute atomic E-state index is 0.00211. The van der Waals surface area contributed by atoms with Crippen LogP contribution in [0.3, 0.4) is 0 Å². The van der Waals surface area contributed by atoms with Gasteiger partial charge in [0.15, 0.2) is 11.6 Å². The second kappa shape index (κ2) is 26.9. The lowest BCUT2D eigenvalue weighted by atomic mass is 10.0. The third-order valence-electron chi connectivity index (χ3n) is 9.98. The summed E-state index contributed by atoms with van der Waals surface area (Å²) in [6, 6.07) is 19.5. The summed E-state index contributed by atoms with van der Waals surface area (Å²) in [6.45, 7) is 6.53. The first-order chi connectivity index (χ1) is 32.5. The second-order valence-electron chi connectivity index (χ2n) is 16.4. The molecule has 360 valence electrons. The molecule has 0 unspecified atom stereocenters. The normalized spacial score (nSPS) is 12.8. The average Bonchev–Trinajstić information content (AvgIpc) is 3.33. The van der Waals surface area contributed by atoms with Crippen molar-refractivity contribution in [3.8, 4) is 0 Å². The lowest BCUT2D eigenvalue weighted by molar-refractivity contribution is -0.145. The van der Waals surface area contributed by atoms with Crippen LogP contribution < -0.4 is 31.9 Å². The minimum Gasteiger partial charge on any atom is -0.467 e. The van der Waals surface area contributed by atoms with Crippen molar-refractivity contribution in [2.24, 2.45) is 22.1 Å². The molecule has 68 heavy (non-hydrogen) atoms. The zero-order valence-electron chi connectivity index (χ0n) is 38.8. The van der Waals surface area contributed by atoms with Gasteiger partial charge in [-0.2, -0.15) is 0 Å². The predicted octanol–water partition coefficient (Wildman–Crippen LogP) is 3.21. The molecular weight excluding hydrogens is 877 g/mol. The van der Waals surface area contributed by atoms with Crippen LogP contribution in [0, 0.1) is 11.8 Å². The molecule has 0 aliphatic rings. The van der Waals surface area contributed by atoms with Crippen molar-refractivity contribution in [3.63, 3.8) is 0 Å². The number of carbonyl (C=O) groups excluding carboxylic acids is 8. The van der Waals surface area contributed by atoms with E-state index in [1.807, 2.05) is 88.4 Å². The maximum atomic E-state index is 13.4. The zero-order chi connectivity index (χ0) is 49.6. The number of rotatable bonds is 24. The molecule has 4 aromatic rings. The number of carbonyl (C=O) groups is 8. The summed E-state index contributed by atoms with van der Waals surface area (Å²) >= 11 is 0. The number of nitrogens with one attached hydrogen (secondary N) is 6. The zero-order valence-corrected chi connectivity index (χ0v) is 38.8. The minimum atomic E-state index is -1.01. The number of aromatic nitrogens is 2. The Bertz CT molecular complexity index is 2230. The van der Waals surface area contributed by atoms with E-state index >= 15 is 0 Å². The fourth-order valence-corrected chi connectivity index (χ4v) is 6.67. The summed E-state index contributed by atoms with van der Waals surface area (Å²) in [5.74, 6) is -5.08. The Morgan fingerprint density at radius 1 is 0.515 bits per heavy atom. The van der Waals surface area contributed by atoms with Gasteiger partial charge in [0.05, 0.1) is 27.3 Å². The van der Waals surface area contributed by atoms with Crippen LogP contribution in [-0.4, -0.2) is 109 Å². The van der Waals surface area contributed by atoms with E-state index in [1.54, 1.807) is 0 Å². The molecule has 6 amide bonds. The van der Waals surface area contributed by atoms with Gasteiger partial charge in [-0.3, -0.25) is 28.8 Å². The summed E-state index contributed by atoms with van der Waals surface area (Å²) in [6.07, 6.45) is 3.47. The van der Waals surface area contributed by atoms with E-state index in [4.69, 9.17) is 9.47 Å². The Kier molecular flexibility index (Phi) is 20.9. The average molecular weight is 935 g/mol. The molecule has 0 bridgehead atoms. The summed E-state index contributed by atoms with van der Waals surface area (Å²) in [7, 11) is 2.44. The Morgan fingerprint density at radius 3 is 1.22 bits per heavy atom. The first kappa shape index (κ1) is 52.7. The molecule has 2 heterocycles. The van der Waals surface area contributed by atoms with Crippen LogP contribution in [0.15, 0.2) is 108 Å². The van der Waals surface area contributed by atoms with Crippen molar-refractivity contribution < 1.29 is 47.8 Å². The quantitative estimate of drug-likeness (QED) is 0.0437. The van der Waals surface area contributed by atoms with Gasteiger partial charge in [-0.05, 0) is 60.1 Å². The predicted molar refractivity (Wildman–Crippen MR) is 248 cm³/mol. The summed E-state index contributed by atoms with van der Waals surface area (Å²) in [5.41, 5.74) is 1.77. The summed E-state index contributed by atoms with van der Waals surface area (Å²) in [4.78, 5) is 112. The molecule has 0 saturated heterocycles. The molecule has 4 atom stereocenters. The first-order valence-corrected chi connectivity index (χ1v) is 21.9.